The first-order valence-corrected chi connectivity index (χ1v) is 25.3. The predicted octanol–water partition coefficient (Wildman–Crippen LogP) is 4.52. The molecule has 6 heterocycles. The quantitative estimate of drug-likeness (QED) is 0.121. The minimum Gasteiger partial charge on any atom is -0.508 e. The number of nitrogens with one attached hydrogen (secondary N) is 3. The molecule has 8 rings (SSSR count). The van der Waals surface area contributed by atoms with Gasteiger partial charge in [0.2, 0.25) is 21.8 Å². The van der Waals surface area contributed by atoms with Gasteiger partial charge in [0.25, 0.3) is 5.91 Å². The van der Waals surface area contributed by atoms with E-state index in [2.05, 4.69) is 59.6 Å². The van der Waals surface area contributed by atoms with Gasteiger partial charge in [-0.2, -0.15) is 4.31 Å². The van der Waals surface area contributed by atoms with Crippen LogP contribution in [0.25, 0.3) is 33.3 Å². The van der Waals surface area contributed by atoms with Crippen molar-refractivity contribution in [3.05, 3.63) is 71.5 Å². The van der Waals surface area contributed by atoms with Gasteiger partial charge in [-0.25, -0.2) is 13.8 Å². The number of likely N-dealkylation sites (N-methyl/N-ethyl adjacent to an activating group) is 1. The topological polar surface area (TPSA) is 215 Å². The van der Waals surface area contributed by atoms with Crippen LogP contribution in [-0.4, -0.2) is 131 Å². The zero-order valence-corrected chi connectivity index (χ0v) is 41.2. The Hall–Kier alpha value is -5.40. The number of hydrogen-bond acceptors (Lipinski definition) is 12. The molecular formula is C50H66N8O9S. The molecule has 4 N–H and O–H groups in total. The number of carbonyl (C=O) groups excluding carboxylic acids is 4. The summed E-state index contributed by atoms with van der Waals surface area (Å²) in [5.74, 6) is -2.98. The van der Waals surface area contributed by atoms with E-state index in [1.54, 1.807) is 32.5 Å². The summed E-state index contributed by atoms with van der Waals surface area (Å²) in [5.41, 5.74) is 9.42. The molecule has 0 spiro atoms. The normalized spacial score (nSPS) is 23.2. The van der Waals surface area contributed by atoms with E-state index in [4.69, 9.17) is 14.5 Å². The van der Waals surface area contributed by atoms with Crippen molar-refractivity contribution in [1.29, 1.82) is 0 Å². The Bertz CT molecular complexity index is 2700. The van der Waals surface area contributed by atoms with Crippen LogP contribution in [0.5, 0.6) is 5.75 Å². The first kappa shape index (κ1) is 49.0. The maximum absolute atomic E-state index is 14.7. The van der Waals surface area contributed by atoms with Crippen molar-refractivity contribution < 1.29 is 42.2 Å². The minimum atomic E-state index is -3.57. The summed E-state index contributed by atoms with van der Waals surface area (Å²) in [6.07, 6.45) is 3.21. The number of benzene rings is 2. The Morgan fingerprint density at radius 1 is 1.07 bits per heavy atom. The number of pyridine rings is 1. The van der Waals surface area contributed by atoms with E-state index in [1.165, 1.54) is 14.2 Å². The zero-order chi connectivity index (χ0) is 48.8. The van der Waals surface area contributed by atoms with E-state index in [1.807, 2.05) is 39.0 Å². The molecule has 4 aliphatic heterocycles. The number of aromatic nitrogens is 2. The van der Waals surface area contributed by atoms with Crippen molar-refractivity contribution >= 4 is 44.6 Å². The first-order chi connectivity index (χ1) is 32.3. The number of carbonyl (C=O) groups is 4. The first-order valence-electron chi connectivity index (χ1n) is 23.8. The summed E-state index contributed by atoms with van der Waals surface area (Å²) in [6.45, 7) is 13.4. The van der Waals surface area contributed by atoms with Crippen LogP contribution < -0.4 is 16.1 Å². The van der Waals surface area contributed by atoms with Crippen LogP contribution in [0.1, 0.15) is 83.7 Å². The van der Waals surface area contributed by atoms with Crippen molar-refractivity contribution in [2.75, 3.05) is 46.9 Å². The van der Waals surface area contributed by atoms with E-state index >= 15 is 0 Å². The number of cyclic esters (lactones) is 1. The van der Waals surface area contributed by atoms with Gasteiger partial charge in [-0.15, -0.1) is 0 Å². The van der Waals surface area contributed by atoms with Gasteiger partial charge in [0.1, 0.15) is 29.2 Å². The number of phenolic OH excluding ortho intramolecular Hbond substituents is 1. The third-order valence-corrected chi connectivity index (χ3v) is 16.0. The van der Waals surface area contributed by atoms with Crippen LogP contribution >= 0.6 is 0 Å². The van der Waals surface area contributed by atoms with Crippen LogP contribution in [0.15, 0.2) is 54.7 Å². The summed E-state index contributed by atoms with van der Waals surface area (Å²) >= 11 is 0. The lowest BCUT2D eigenvalue weighted by molar-refractivity contribution is -0.155. The number of sulfonamides is 1. The lowest BCUT2D eigenvalue weighted by Crippen LogP contribution is -2.62. The molecule has 2 aromatic heterocycles. The molecular weight excluding hydrogens is 889 g/mol. The number of hydrazine groups is 1. The van der Waals surface area contributed by atoms with Crippen molar-refractivity contribution in [3.63, 3.8) is 0 Å². The van der Waals surface area contributed by atoms with Gasteiger partial charge in [-0.1, -0.05) is 39.8 Å². The van der Waals surface area contributed by atoms with Gasteiger partial charge >= 0.3 is 5.97 Å². The molecule has 366 valence electrons. The van der Waals surface area contributed by atoms with Gasteiger partial charge in [-0.3, -0.25) is 34.5 Å². The number of fused-ring (bicyclic) bond motifs is 6. The highest BCUT2D eigenvalue weighted by Crippen LogP contribution is 2.42. The van der Waals surface area contributed by atoms with Gasteiger partial charge in [0.05, 0.1) is 30.0 Å². The monoisotopic (exact) mass is 954 g/mol. The smallest absolute Gasteiger partial charge is 0.324 e. The summed E-state index contributed by atoms with van der Waals surface area (Å²) < 4.78 is 41.4. The lowest BCUT2D eigenvalue weighted by Gasteiger charge is -2.37. The minimum absolute atomic E-state index is 0.0255. The number of methoxy groups -OCH3 is 1. The molecule has 2 aromatic carbocycles. The molecule has 6 atom stereocenters. The predicted molar refractivity (Wildman–Crippen MR) is 257 cm³/mol. The maximum Gasteiger partial charge on any atom is 0.324 e. The van der Waals surface area contributed by atoms with Gasteiger partial charge in [0, 0.05) is 81.4 Å². The highest BCUT2D eigenvalue weighted by atomic mass is 32.2. The molecule has 17 nitrogen and oxygen atoms in total. The Balaban J connectivity index is 1.18. The zero-order valence-electron chi connectivity index (χ0n) is 40.4. The van der Waals surface area contributed by atoms with Crippen LogP contribution in [0, 0.1) is 17.3 Å². The second-order valence-corrected chi connectivity index (χ2v) is 22.1. The number of aryl methyl sites for hydroxylation is 1. The summed E-state index contributed by atoms with van der Waals surface area (Å²) in [4.78, 5) is 63.5. The number of hydrogen-bond donors (Lipinski definition) is 4. The van der Waals surface area contributed by atoms with Crippen molar-refractivity contribution in [1.82, 2.24) is 39.8 Å². The SMILES string of the molecule is CCn1c(-c2cccnc2[C@H](C)OC)c2c3cc(ccc31)-c1cc(O)cc(c1)C[C@H](NC(=O)C(C(C)C)N(C)C(=O)[C@H]1CCN(S(=O)(=O)[C@@H]3CN3)C1)C(=O)N1CCC[C@H](N1)C(=O)OCC(C)(C)C2. The molecule has 3 saturated heterocycles. The Labute approximate surface area is 398 Å². The van der Waals surface area contributed by atoms with Crippen LogP contribution in [0.2, 0.25) is 0 Å². The standard InChI is InChI=1S/C50H66N8O9S/c1-9-57-41-15-14-32-24-37(41)38(45(57)36-12-10-17-51-43(36)30(4)66-8)25-50(5,6)28-67-49(63)39-13-11-18-58(54-39)48(62)40(22-31-20-34(32)23-35(59)21-31)53-46(60)44(29(2)3)55(7)47(61)33-16-19-56(27-33)68(64,65)42-26-52-42/h10,12,14-15,17,20-21,23-24,29-30,33,39-40,42,44,52,54,59H,9,11,13,16,18-19,22,25-28H2,1-8H3,(H,53,60)/t30-,33-,39-,40-,42+,44?/m0/s1. The highest BCUT2D eigenvalue weighted by Gasteiger charge is 2.46. The number of esters is 1. The molecule has 18 heteroatoms. The fraction of sp³-hybridized carbons (Fsp3) is 0.540. The molecule has 0 aliphatic carbocycles. The van der Waals surface area contributed by atoms with Crippen molar-refractivity contribution in [2.24, 2.45) is 17.3 Å². The average molecular weight is 955 g/mol. The Morgan fingerprint density at radius 2 is 1.84 bits per heavy atom. The Kier molecular flexibility index (Phi) is 14.1. The van der Waals surface area contributed by atoms with Gasteiger partial charge < -0.3 is 29.4 Å². The highest BCUT2D eigenvalue weighted by molar-refractivity contribution is 7.90. The molecule has 3 amide bonds. The second-order valence-electron chi connectivity index (χ2n) is 20.0. The van der Waals surface area contributed by atoms with E-state index in [-0.39, 0.29) is 50.4 Å². The fourth-order valence-electron chi connectivity index (χ4n) is 10.3. The van der Waals surface area contributed by atoms with E-state index < -0.39 is 68.6 Å². The number of rotatable bonds is 11. The maximum atomic E-state index is 14.7. The van der Waals surface area contributed by atoms with Crippen LogP contribution in [0.3, 0.4) is 0 Å². The number of ether oxygens (including phenoxy) is 2. The van der Waals surface area contributed by atoms with Crippen LogP contribution in [-0.2, 0) is 58.1 Å². The second kappa shape index (κ2) is 19.5. The molecule has 0 radical (unpaired) electrons. The van der Waals surface area contributed by atoms with E-state index in [0.29, 0.717) is 49.9 Å². The fourth-order valence-corrected chi connectivity index (χ4v) is 11.9. The van der Waals surface area contributed by atoms with Gasteiger partial charge in [0.15, 0.2) is 0 Å². The molecule has 3 fully saturated rings. The molecule has 4 aromatic rings. The largest absolute Gasteiger partial charge is 0.508 e. The Morgan fingerprint density at radius 3 is 2.54 bits per heavy atom. The van der Waals surface area contributed by atoms with E-state index in [9.17, 15) is 32.7 Å². The summed E-state index contributed by atoms with van der Waals surface area (Å²) in [6, 6.07) is 12.3. The number of aromatic hydroxyl groups is 1. The summed E-state index contributed by atoms with van der Waals surface area (Å²) in [7, 11) is -0.368. The molecule has 0 saturated carbocycles. The third kappa shape index (κ3) is 9.88. The molecule has 1 unspecified atom stereocenters. The van der Waals surface area contributed by atoms with E-state index in [0.717, 1.165) is 39.0 Å². The number of nitrogens with zero attached hydrogens (tertiary/aromatic N) is 5. The summed E-state index contributed by atoms with van der Waals surface area (Å²) in [5, 5.41) is 18.9. The number of amides is 3. The van der Waals surface area contributed by atoms with Crippen LogP contribution in [0.4, 0.5) is 0 Å². The van der Waals surface area contributed by atoms with Crippen molar-refractivity contribution in [3.8, 4) is 28.1 Å². The van der Waals surface area contributed by atoms with Gasteiger partial charge in [-0.05, 0) is 104 Å². The molecule has 68 heavy (non-hydrogen) atoms. The average Bonchev–Trinajstić information content (AvgIpc) is 3.99. The number of phenols is 1. The lowest BCUT2D eigenvalue weighted by atomic mass is 9.84. The third-order valence-electron chi connectivity index (χ3n) is 13.9. The molecule has 4 aliphatic rings. The van der Waals surface area contributed by atoms with Crippen molar-refractivity contribution in [2.45, 2.75) is 110 Å². The molecule has 6 bridgehead atoms.